The van der Waals surface area contributed by atoms with Gasteiger partial charge in [0.25, 0.3) is 0 Å². The zero-order valence-corrected chi connectivity index (χ0v) is 7.55. The Bertz CT molecular complexity index is 54.5. The van der Waals surface area contributed by atoms with Gasteiger partial charge in [0, 0.05) is 3.92 Å². The maximum atomic E-state index is 8.58. The molecule has 1 atom stereocenters. The minimum atomic E-state index is 0.318. The van der Waals surface area contributed by atoms with Crippen molar-refractivity contribution in [2.24, 2.45) is 5.92 Å². The predicted molar refractivity (Wildman–Crippen MR) is 44.3 cm³/mol. The number of alkyl halides is 1. The van der Waals surface area contributed by atoms with Crippen LogP contribution in [0.15, 0.2) is 0 Å². The largest absolute Gasteiger partial charge is 0.395 e. The molecule has 0 amide bonds. The van der Waals surface area contributed by atoms with Crippen molar-refractivity contribution < 1.29 is 5.11 Å². The smallest absolute Gasteiger partial charge is 0.0549 e. The molecule has 0 unspecified atom stereocenters. The lowest BCUT2D eigenvalue weighted by Crippen LogP contribution is -2.06. The number of hydrogen-bond acceptors (Lipinski definition) is 1. The molecule has 0 aliphatic heterocycles. The first-order valence-corrected chi connectivity index (χ1v) is 4.16. The monoisotopic (exact) mass is 228 g/mol. The van der Waals surface area contributed by atoms with E-state index in [-0.39, 0.29) is 0 Å². The van der Waals surface area contributed by atoms with E-state index in [0.29, 0.717) is 16.4 Å². The molecular formula is C6H13IO. The van der Waals surface area contributed by atoms with Gasteiger partial charge in [0.1, 0.15) is 0 Å². The van der Waals surface area contributed by atoms with Gasteiger partial charge in [-0.05, 0) is 12.3 Å². The molecule has 0 saturated heterocycles. The SMILES string of the molecule is CC(C)C[C@H](I)CO. The molecule has 0 spiro atoms. The number of aliphatic hydroxyl groups is 1. The highest BCUT2D eigenvalue weighted by molar-refractivity contribution is 14.1. The Labute approximate surface area is 64.6 Å². The van der Waals surface area contributed by atoms with Crippen LogP contribution in [0.4, 0.5) is 0 Å². The number of hydrogen-bond donors (Lipinski definition) is 1. The van der Waals surface area contributed by atoms with Crippen molar-refractivity contribution in [2.75, 3.05) is 6.61 Å². The molecule has 0 rings (SSSR count). The lowest BCUT2D eigenvalue weighted by molar-refractivity contribution is 0.288. The van der Waals surface area contributed by atoms with E-state index in [1.807, 2.05) is 0 Å². The van der Waals surface area contributed by atoms with Crippen LogP contribution in [-0.4, -0.2) is 15.6 Å². The van der Waals surface area contributed by atoms with Crippen molar-refractivity contribution in [3.8, 4) is 0 Å². The molecule has 0 saturated carbocycles. The van der Waals surface area contributed by atoms with Gasteiger partial charge < -0.3 is 5.11 Å². The van der Waals surface area contributed by atoms with Crippen LogP contribution in [-0.2, 0) is 0 Å². The van der Waals surface area contributed by atoms with Gasteiger partial charge in [-0.3, -0.25) is 0 Å². The fourth-order valence-electron chi connectivity index (χ4n) is 0.586. The van der Waals surface area contributed by atoms with Crippen LogP contribution in [0.5, 0.6) is 0 Å². The van der Waals surface area contributed by atoms with E-state index in [4.69, 9.17) is 5.11 Å². The van der Waals surface area contributed by atoms with Crippen LogP contribution in [0.3, 0.4) is 0 Å². The first kappa shape index (κ1) is 8.69. The van der Waals surface area contributed by atoms with E-state index in [9.17, 15) is 0 Å². The lowest BCUT2D eigenvalue weighted by Gasteiger charge is -2.07. The van der Waals surface area contributed by atoms with E-state index < -0.39 is 0 Å². The Morgan fingerprint density at radius 2 is 2.00 bits per heavy atom. The molecule has 0 aliphatic rings. The standard InChI is InChI=1S/C6H13IO/c1-5(2)3-6(7)4-8/h5-6,8H,3-4H2,1-2H3/t6-/m0/s1. The molecule has 0 heterocycles. The number of aliphatic hydroxyl groups excluding tert-OH is 1. The molecule has 0 bridgehead atoms. The molecule has 2 heteroatoms. The van der Waals surface area contributed by atoms with E-state index in [0.717, 1.165) is 6.42 Å². The molecule has 0 radical (unpaired) electrons. The summed E-state index contributed by atoms with van der Waals surface area (Å²) in [6, 6.07) is 0. The van der Waals surface area contributed by atoms with Gasteiger partial charge in [0.05, 0.1) is 6.61 Å². The highest BCUT2D eigenvalue weighted by Crippen LogP contribution is 2.11. The minimum absolute atomic E-state index is 0.318. The first-order chi connectivity index (χ1) is 3.66. The van der Waals surface area contributed by atoms with E-state index in [1.54, 1.807) is 0 Å². The minimum Gasteiger partial charge on any atom is -0.395 e. The highest BCUT2D eigenvalue weighted by atomic mass is 127. The van der Waals surface area contributed by atoms with Gasteiger partial charge in [-0.2, -0.15) is 0 Å². The Kier molecular flexibility index (Phi) is 4.95. The van der Waals surface area contributed by atoms with Crippen LogP contribution in [0.2, 0.25) is 0 Å². The molecule has 0 aliphatic carbocycles. The van der Waals surface area contributed by atoms with Gasteiger partial charge in [0.2, 0.25) is 0 Å². The summed E-state index contributed by atoms with van der Waals surface area (Å²) in [4.78, 5) is 0. The van der Waals surface area contributed by atoms with Crippen molar-refractivity contribution in [3.05, 3.63) is 0 Å². The van der Waals surface area contributed by atoms with Gasteiger partial charge >= 0.3 is 0 Å². The van der Waals surface area contributed by atoms with Crippen molar-refractivity contribution in [2.45, 2.75) is 24.2 Å². The van der Waals surface area contributed by atoms with Crippen molar-refractivity contribution >= 4 is 22.6 Å². The lowest BCUT2D eigenvalue weighted by atomic mass is 10.1. The summed E-state index contributed by atoms with van der Waals surface area (Å²) in [5, 5.41) is 8.58. The number of halogens is 1. The molecule has 0 fully saturated rings. The summed E-state index contributed by atoms with van der Waals surface area (Å²) < 4.78 is 0.451. The normalized spacial score (nSPS) is 14.6. The van der Waals surface area contributed by atoms with Crippen molar-refractivity contribution in [1.82, 2.24) is 0 Å². The van der Waals surface area contributed by atoms with Crippen LogP contribution >= 0.6 is 22.6 Å². The van der Waals surface area contributed by atoms with Crippen molar-refractivity contribution in [3.63, 3.8) is 0 Å². The Balaban J connectivity index is 3.10. The third-order valence-electron chi connectivity index (χ3n) is 0.925. The fraction of sp³-hybridized carbons (Fsp3) is 1.00. The molecule has 0 aromatic carbocycles. The fourth-order valence-corrected chi connectivity index (χ4v) is 1.60. The summed E-state index contributed by atoms with van der Waals surface area (Å²) in [5.41, 5.74) is 0. The van der Waals surface area contributed by atoms with Gasteiger partial charge in [-0.1, -0.05) is 36.4 Å². The Morgan fingerprint density at radius 1 is 1.50 bits per heavy atom. The third-order valence-corrected chi connectivity index (χ3v) is 1.83. The second kappa shape index (κ2) is 4.56. The number of rotatable bonds is 3. The average Bonchev–Trinajstić information content (AvgIpc) is 1.65. The molecule has 0 aromatic rings. The van der Waals surface area contributed by atoms with Gasteiger partial charge in [-0.15, -0.1) is 0 Å². The second-order valence-corrected chi connectivity index (χ2v) is 4.17. The van der Waals surface area contributed by atoms with Crippen LogP contribution < -0.4 is 0 Å². The maximum absolute atomic E-state index is 8.58. The third kappa shape index (κ3) is 4.84. The zero-order chi connectivity index (χ0) is 6.57. The van der Waals surface area contributed by atoms with Crippen LogP contribution in [0.1, 0.15) is 20.3 Å². The summed E-state index contributed by atoms with van der Waals surface area (Å²) in [6.45, 7) is 4.65. The predicted octanol–water partition coefficient (Wildman–Crippen LogP) is 1.83. The molecular weight excluding hydrogens is 215 g/mol. The van der Waals surface area contributed by atoms with Gasteiger partial charge in [0.15, 0.2) is 0 Å². The summed E-state index contributed by atoms with van der Waals surface area (Å²) in [7, 11) is 0. The maximum Gasteiger partial charge on any atom is 0.0549 e. The van der Waals surface area contributed by atoms with Crippen LogP contribution in [0, 0.1) is 5.92 Å². The Hall–Kier alpha value is 0.690. The zero-order valence-electron chi connectivity index (χ0n) is 5.39. The topological polar surface area (TPSA) is 20.2 Å². The first-order valence-electron chi connectivity index (χ1n) is 2.91. The summed E-state index contributed by atoms with van der Waals surface area (Å²) in [5.74, 6) is 0.712. The van der Waals surface area contributed by atoms with E-state index in [2.05, 4.69) is 36.4 Å². The molecule has 1 N–H and O–H groups in total. The Morgan fingerprint density at radius 3 is 2.12 bits per heavy atom. The molecule has 1 nitrogen and oxygen atoms in total. The average molecular weight is 228 g/mol. The highest BCUT2D eigenvalue weighted by Gasteiger charge is 2.02. The summed E-state index contributed by atoms with van der Waals surface area (Å²) in [6.07, 6.45) is 1.12. The van der Waals surface area contributed by atoms with Crippen molar-refractivity contribution in [1.29, 1.82) is 0 Å². The quantitative estimate of drug-likeness (QED) is 0.577. The second-order valence-electron chi connectivity index (χ2n) is 2.41. The molecule has 8 heavy (non-hydrogen) atoms. The molecule has 50 valence electrons. The van der Waals surface area contributed by atoms with E-state index >= 15 is 0 Å². The van der Waals surface area contributed by atoms with E-state index in [1.165, 1.54) is 0 Å². The van der Waals surface area contributed by atoms with Gasteiger partial charge in [-0.25, -0.2) is 0 Å². The molecule has 0 aromatic heterocycles. The summed E-state index contributed by atoms with van der Waals surface area (Å²) >= 11 is 2.27. The van der Waals surface area contributed by atoms with Crippen LogP contribution in [0.25, 0.3) is 0 Å².